The molecular formula is C30H26O10. The first-order valence-corrected chi connectivity index (χ1v) is 12.6. The number of aliphatic hydroxyl groups excluding tert-OH is 1. The van der Waals surface area contributed by atoms with E-state index in [0.717, 1.165) is 0 Å². The Morgan fingerprint density at radius 1 is 0.625 bits per heavy atom. The Hall–Kier alpha value is -4.96. The van der Waals surface area contributed by atoms with Crippen molar-refractivity contribution in [2.24, 2.45) is 0 Å². The fraction of sp³-hybridized carbons (Fsp3) is 0.200. The number of hydrogen-bond donors (Lipinski definition) is 8. The smallest absolute Gasteiger partial charge is 0.157 e. The summed E-state index contributed by atoms with van der Waals surface area (Å²) in [4.78, 5) is 0. The van der Waals surface area contributed by atoms with Gasteiger partial charge < -0.3 is 50.3 Å². The van der Waals surface area contributed by atoms with E-state index < -0.39 is 30.0 Å². The van der Waals surface area contributed by atoms with Crippen LogP contribution in [0.1, 0.15) is 52.4 Å². The van der Waals surface area contributed by atoms with Crippen molar-refractivity contribution in [2.75, 3.05) is 0 Å². The van der Waals surface area contributed by atoms with Gasteiger partial charge in [0.05, 0.1) is 6.10 Å². The molecule has 206 valence electrons. The number of fused-ring (bicyclic) bond motifs is 2. The van der Waals surface area contributed by atoms with Gasteiger partial charge in [-0.15, -0.1) is 0 Å². The number of aliphatic hydroxyl groups is 1. The van der Waals surface area contributed by atoms with E-state index in [1.165, 1.54) is 48.5 Å². The third kappa shape index (κ3) is 4.18. The van der Waals surface area contributed by atoms with Crippen LogP contribution in [0.5, 0.6) is 51.7 Å². The Morgan fingerprint density at radius 3 is 2.00 bits per heavy atom. The average molecular weight is 547 g/mol. The first-order chi connectivity index (χ1) is 19.1. The highest BCUT2D eigenvalue weighted by Gasteiger charge is 2.40. The molecule has 2 aliphatic heterocycles. The van der Waals surface area contributed by atoms with Crippen LogP contribution < -0.4 is 9.47 Å². The summed E-state index contributed by atoms with van der Waals surface area (Å²) in [6.45, 7) is 0. The second-order valence-corrected chi connectivity index (χ2v) is 10.1. The normalized spacial score (nSPS) is 21.5. The Labute approximate surface area is 227 Å². The number of phenols is 7. The van der Waals surface area contributed by atoms with Gasteiger partial charge in [-0.05, 0) is 47.9 Å². The summed E-state index contributed by atoms with van der Waals surface area (Å²) >= 11 is 0. The minimum Gasteiger partial charge on any atom is -0.508 e. The molecule has 0 fully saturated rings. The Morgan fingerprint density at radius 2 is 1.30 bits per heavy atom. The summed E-state index contributed by atoms with van der Waals surface area (Å²) in [6, 6.07) is 14.1. The van der Waals surface area contributed by atoms with E-state index in [4.69, 9.17) is 9.47 Å². The Bertz CT molecular complexity index is 1630. The van der Waals surface area contributed by atoms with Gasteiger partial charge in [0.15, 0.2) is 23.0 Å². The van der Waals surface area contributed by atoms with Gasteiger partial charge in [0, 0.05) is 41.2 Å². The topological polar surface area (TPSA) is 180 Å². The zero-order valence-corrected chi connectivity index (χ0v) is 20.9. The van der Waals surface area contributed by atoms with Gasteiger partial charge in [0.25, 0.3) is 0 Å². The van der Waals surface area contributed by atoms with Gasteiger partial charge in [-0.1, -0.05) is 18.2 Å². The fourth-order valence-corrected chi connectivity index (χ4v) is 5.56. The predicted molar refractivity (Wildman–Crippen MR) is 140 cm³/mol. The van der Waals surface area contributed by atoms with Crippen molar-refractivity contribution in [3.63, 3.8) is 0 Å². The maximum absolute atomic E-state index is 11.2. The number of rotatable bonds is 3. The van der Waals surface area contributed by atoms with E-state index in [9.17, 15) is 40.9 Å². The van der Waals surface area contributed by atoms with Crippen LogP contribution in [0, 0.1) is 0 Å². The van der Waals surface area contributed by atoms with Gasteiger partial charge in [0.1, 0.15) is 41.0 Å². The molecule has 2 heterocycles. The molecule has 4 atom stereocenters. The molecule has 0 aliphatic carbocycles. The average Bonchev–Trinajstić information content (AvgIpc) is 2.91. The predicted octanol–water partition coefficient (Wildman–Crippen LogP) is 4.32. The standard InChI is InChI=1S/C30H26O10/c31-15-3-4-16-17(11-26(39-27(16)9-15)13-1-5-19(32)22(35)7-13)28-24(37)12-21(34)18-10-25(38)29(40-30(18)28)14-2-6-20(33)23(36)8-14/h1-9,12,17,25-26,29,31-38H,10-11H2/t17-,25-,26+,29-/m1/s1. The third-order valence-corrected chi connectivity index (χ3v) is 7.52. The number of benzene rings is 4. The highest BCUT2D eigenvalue weighted by molar-refractivity contribution is 5.63. The van der Waals surface area contributed by atoms with Gasteiger partial charge in [-0.3, -0.25) is 0 Å². The first-order valence-electron chi connectivity index (χ1n) is 12.6. The molecule has 4 aromatic carbocycles. The van der Waals surface area contributed by atoms with Crippen molar-refractivity contribution >= 4 is 0 Å². The van der Waals surface area contributed by atoms with Gasteiger partial charge in [0.2, 0.25) is 0 Å². The molecule has 0 spiro atoms. The molecule has 0 unspecified atom stereocenters. The van der Waals surface area contributed by atoms with Crippen molar-refractivity contribution in [2.45, 2.75) is 37.1 Å². The molecule has 0 bridgehead atoms. The summed E-state index contributed by atoms with van der Waals surface area (Å²) in [6.07, 6.45) is -2.58. The molecule has 8 N–H and O–H groups in total. The lowest BCUT2D eigenvalue weighted by Gasteiger charge is -2.37. The van der Waals surface area contributed by atoms with Crippen molar-refractivity contribution in [1.29, 1.82) is 0 Å². The van der Waals surface area contributed by atoms with E-state index in [0.29, 0.717) is 28.0 Å². The number of ether oxygens (including phenoxy) is 2. The van der Waals surface area contributed by atoms with E-state index >= 15 is 0 Å². The minimum absolute atomic E-state index is 0.0261. The molecule has 0 saturated heterocycles. The lowest BCUT2D eigenvalue weighted by atomic mass is 9.79. The van der Waals surface area contributed by atoms with Gasteiger partial charge in [-0.25, -0.2) is 0 Å². The zero-order chi connectivity index (χ0) is 28.3. The van der Waals surface area contributed by atoms with E-state index in [-0.39, 0.29) is 58.7 Å². The minimum atomic E-state index is -1.12. The number of phenolic OH excluding ortho intramolecular Hbond substituents is 7. The third-order valence-electron chi connectivity index (χ3n) is 7.52. The molecule has 4 aromatic rings. The van der Waals surface area contributed by atoms with E-state index in [1.807, 2.05) is 0 Å². The lowest BCUT2D eigenvalue weighted by molar-refractivity contribution is 0.0184. The van der Waals surface area contributed by atoms with Crippen LogP contribution in [-0.4, -0.2) is 47.0 Å². The summed E-state index contributed by atoms with van der Waals surface area (Å²) in [5, 5.41) is 82.6. The summed E-state index contributed by atoms with van der Waals surface area (Å²) in [7, 11) is 0. The van der Waals surface area contributed by atoms with Crippen LogP contribution in [0.15, 0.2) is 60.7 Å². The van der Waals surface area contributed by atoms with Crippen LogP contribution in [-0.2, 0) is 6.42 Å². The van der Waals surface area contributed by atoms with Crippen LogP contribution in [0.4, 0.5) is 0 Å². The monoisotopic (exact) mass is 546 g/mol. The van der Waals surface area contributed by atoms with Crippen LogP contribution >= 0.6 is 0 Å². The summed E-state index contributed by atoms with van der Waals surface area (Å²) in [5.41, 5.74) is 2.13. The molecule has 0 saturated carbocycles. The molecular weight excluding hydrogens is 520 g/mol. The summed E-state index contributed by atoms with van der Waals surface area (Å²) in [5.74, 6) is -2.05. The molecule has 40 heavy (non-hydrogen) atoms. The van der Waals surface area contributed by atoms with Crippen LogP contribution in [0.25, 0.3) is 0 Å². The lowest BCUT2D eigenvalue weighted by Crippen LogP contribution is -2.31. The second-order valence-electron chi connectivity index (χ2n) is 10.1. The zero-order valence-electron chi connectivity index (χ0n) is 20.9. The Balaban J connectivity index is 1.49. The quantitative estimate of drug-likeness (QED) is 0.172. The molecule has 10 nitrogen and oxygen atoms in total. The molecule has 0 amide bonds. The molecule has 0 radical (unpaired) electrons. The van der Waals surface area contributed by atoms with Gasteiger partial charge >= 0.3 is 0 Å². The van der Waals surface area contributed by atoms with E-state index in [1.54, 1.807) is 12.1 Å². The number of aromatic hydroxyl groups is 7. The number of hydrogen-bond acceptors (Lipinski definition) is 10. The van der Waals surface area contributed by atoms with Crippen molar-refractivity contribution in [3.05, 3.63) is 88.5 Å². The highest BCUT2D eigenvalue weighted by Crippen LogP contribution is 2.55. The largest absolute Gasteiger partial charge is 0.508 e. The SMILES string of the molecule is Oc1ccc2c(c1)O[C@H](c1ccc(O)c(O)c1)C[C@H]2c1c(O)cc(O)c2c1O[C@H](c1ccc(O)c(O)c1)[C@H](O)C2. The van der Waals surface area contributed by atoms with Crippen molar-refractivity contribution in [1.82, 2.24) is 0 Å². The fourth-order valence-electron chi connectivity index (χ4n) is 5.56. The van der Waals surface area contributed by atoms with Crippen LogP contribution in [0.2, 0.25) is 0 Å². The molecule has 2 aliphatic rings. The molecule has 0 aromatic heterocycles. The van der Waals surface area contributed by atoms with Gasteiger partial charge in [-0.2, -0.15) is 0 Å². The van der Waals surface area contributed by atoms with E-state index in [2.05, 4.69) is 0 Å². The van der Waals surface area contributed by atoms with Crippen LogP contribution in [0.3, 0.4) is 0 Å². The second kappa shape index (κ2) is 9.35. The maximum atomic E-state index is 11.2. The molecule has 6 rings (SSSR count). The maximum Gasteiger partial charge on any atom is 0.157 e. The summed E-state index contributed by atoms with van der Waals surface area (Å²) < 4.78 is 12.4. The van der Waals surface area contributed by atoms with Crippen molar-refractivity contribution in [3.8, 4) is 51.7 Å². The van der Waals surface area contributed by atoms with Crippen molar-refractivity contribution < 1.29 is 50.3 Å². The first kappa shape index (κ1) is 25.3. The highest BCUT2D eigenvalue weighted by atomic mass is 16.5. The Kier molecular flexibility index (Phi) is 5.92. The molecule has 10 heteroatoms.